The van der Waals surface area contributed by atoms with Crippen LogP contribution in [0.5, 0.6) is 0 Å². The lowest BCUT2D eigenvalue weighted by molar-refractivity contribution is -0.119. The van der Waals surface area contributed by atoms with E-state index in [1.54, 1.807) is 0 Å². The Morgan fingerprint density at radius 3 is 2.62 bits per heavy atom. The molecule has 7 heteroatoms. The van der Waals surface area contributed by atoms with Gasteiger partial charge in [0.2, 0.25) is 5.91 Å². The first kappa shape index (κ1) is 17.1. The summed E-state index contributed by atoms with van der Waals surface area (Å²) >= 11 is 0. The van der Waals surface area contributed by atoms with Crippen LogP contribution >= 0.6 is 0 Å². The smallest absolute Gasteiger partial charge is 0.340 e. The van der Waals surface area contributed by atoms with Crippen molar-refractivity contribution in [3.63, 3.8) is 0 Å². The normalized spacial score (nSPS) is 13.4. The number of hydrogen-bond acceptors (Lipinski definition) is 5. The lowest BCUT2D eigenvalue weighted by atomic mass is 9.99. The Labute approximate surface area is 121 Å². The van der Waals surface area contributed by atoms with Gasteiger partial charge in [-0.15, -0.1) is 0 Å². The van der Waals surface area contributed by atoms with Crippen molar-refractivity contribution in [2.24, 2.45) is 0 Å². The van der Waals surface area contributed by atoms with E-state index in [4.69, 9.17) is 0 Å². The molecule has 0 bridgehead atoms. The molecule has 2 atom stereocenters. The summed E-state index contributed by atoms with van der Waals surface area (Å²) in [6.07, 6.45) is -2.74. The van der Waals surface area contributed by atoms with Gasteiger partial charge in [0.15, 0.2) is 0 Å². The molecule has 21 heavy (non-hydrogen) atoms. The van der Waals surface area contributed by atoms with Crippen molar-refractivity contribution in [2.75, 3.05) is 13.7 Å². The Morgan fingerprint density at radius 1 is 1.38 bits per heavy atom. The number of rotatable bonds is 6. The average molecular weight is 299 g/mol. The maximum atomic E-state index is 14.1. The third kappa shape index (κ3) is 4.51. The first-order valence-electron chi connectivity index (χ1n) is 6.35. The standard InChI is InChI=1S/C14H18FNO5/c1-8(17)16-7-6-11(18)13(19)9-4-3-5-10(12(9)15)14(20)21-2/h3-5,11,13,18-19H,6-7H2,1-2H3,(H,16,17). The molecule has 0 aliphatic carbocycles. The summed E-state index contributed by atoms with van der Waals surface area (Å²) in [4.78, 5) is 22.1. The lowest BCUT2D eigenvalue weighted by Crippen LogP contribution is -2.28. The number of carbonyl (C=O) groups excluding carboxylic acids is 2. The van der Waals surface area contributed by atoms with E-state index in [1.165, 1.54) is 25.1 Å². The molecule has 1 rings (SSSR count). The highest BCUT2D eigenvalue weighted by atomic mass is 19.1. The van der Waals surface area contributed by atoms with Crippen LogP contribution in [0.4, 0.5) is 4.39 Å². The Hall–Kier alpha value is -1.99. The van der Waals surface area contributed by atoms with E-state index < -0.39 is 24.0 Å². The third-order valence-electron chi connectivity index (χ3n) is 2.93. The highest BCUT2D eigenvalue weighted by molar-refractivity contribution is 5.89. The predicted molar refractivity (Wildman–Crippen MR) is 72.0 cm³/mol. The van der Waals surface area contributed by atoms with Crippen molar-refractivity contribution in [2.45, 2.75) is 25.6 Å². The van der Waals surface area contributed by atoms with Gasteiger partial charge >= 0.3 is 5.97 Å². The predicted octanol–water partition coefficient (Wildman–Crippen LogP) is 0.533. The van der Waals surface area contributed by atoms with E-state index in [2.05, 4.69) is 10.1 Å². The van der Waals surface area contributed by atoms with Crippen molar-refractivity contribution < 1.29 is 28.9 Å². The molecule has 116 valence electrons. The quantitative estimate of drug-likeness (QED) is 0.666. The number of methoxy groups -OCH3 is 1. The summed E-state index contributed by atoms with van der Waals surface area (Å²) in [5, 5.41) is 22.2. The topological polar surface area (TPSA) is 95.9 Å². The van der Waals surface area contributed by atoms with E-state index in [1.807, 2.05) is 0 Å². The van der Waals surface area contributed by atoms with Crippen molar-refractivity contribution in [1.82, 2.24) is 5.32 Å². The summed E-state index contributed by atoms with van der Waals surface area (Å²) in [6, 6.07) is 3.88. The average Bonchev–Trinajstić information content (AvgIpc) is 2.45. The number of hydrogen-bond donors (Lipinski definition) is 3. The molecule has 1 aromatic rings. The lowest BCUT2D eigenvalue weighted by Gasteiger charge is -2.19. The number of carbonyl (C=O) groups is 2. The zero-order chi connectivity index (χ0) is 16.0. The number of benzene rings is 1. The van der Waals surface area contributed by atoms with E-state index >= 15 is 0 Å². The minimum Gasteiger partial charge on any atom is -0.465 e. The van der Waals surface area contributed by atoms with Gasteiger partial charge in [0, 0.05) is 19.0 Å². The van der Waals surface area contributed by atoms with Gasteiger partial charge in [-0.2, -0.15) is 0 Å². The molecular formula is C14H18FNO5. The molecule has 0 saturated carbocycles. The van der Waals surface area contributed by atoms with Gasteiger partial charge in [-0.1, -0.05) is 12.1 Å². The van der Waals surface area contributed by atoms with Gasteiger partial charge in [0.1, 0.15) is 11.9 Å². The van der Waals surface area contributed by atoms with Gasteiger partial charge in [0.05, 0.1) is 18.8 Å². The molecular weight excluding hydrogens is 281 g/mol. The number of amides is 1. The molecule has 0 radical (unpaired) electrons. The summed E-state index contributed by atoms with van der Waals surface area (Å²) in [5.74, 6) is -2.07. The second kappa shape index (κ2) is 7.70. The summed E-state index contributed by atoms with van der Waals surface area (Å²) < 4.78 is 18.6. The van der Waals surface area contributed by atoms with E-state index in [-0.39, 0.29) is 30.0 Å². The highest BCUT2D eigenvalue weighted by Gasteiger charge is 2.24. The maximum Gasteiger partial charge on any atom is 0.340 e. The molecule has 6 nitrogen and oxygen atoms in total. The van der Waals surface area contributed by atoms with Crippen LogP contribution in [0.3, 0.4) is 0 Å². The van der Waals surface area contributed by atoms with Gasteiger partial charge in [-0.05, 0) is 12.5 Å². The molecule has 2 unspecified atom stereocenters. The minimum atomic E-state index is -1.51. The SMILES string of the molecule is COC(=O)c1cccc(C(O)C(O)CCNC(C)=O)c1F. The molecule has 0 heterocycles. The Morgan fingerprint density at radius 2 is 2.05 bits per heavy atom. The van der Waals surface area contributed by atoms with E-state index in [0.29, 0.717) is 0 Å². The second-order valence-electron chi connectivity index (χ2n) is 4.48. The zero-order valence-electron chi connectivity index (χ0n) is 11.8. The zero-order valence-corrected chi connectivity index (χ0v) is 11.8. The fraction of sp³-hybridized carbons (Fsp3) is 0.429. The first-order chi connectivity index (χ1) is 9.88. The molecule has 0 aliphatic rings. The number of aliphatic hydroxyl groups is 2. The molecule has 1 amide bonds. The van der Waals surface area contributed by atoms with Crippen LogP contribution in [0.2, 0.25) is 0 Å². The van der Waals surface area contributed by atoms with Crippen LogP contribution in [0, 0.1) is 5.82 Å². The summed E-state index contributed by atoms with van der Waals surface area (Å²) in [6.45, 7) is 1.47. The fourth-order valence-corrected chi connectivity index (χ4v) is 1.81. The largest absolute Gasteiger partial charge is 0.465 e. The number of nitrogens with one attached hydrogen (secondary N) is 1. The molecule has 0 aliphatic heterocycles. The summed E-state index contributed by atoms with van der Waals surface area (Å²) in [7, 11) is 1.12. The second-order valence-corrected chi connectivity index (χ2v) is 4.48. The molecule has 0 spiro atoms. The Balaban J connectivity index is 2.84. The number of aliphatic hydroxyl groups excluding tert-OH is 2. The van der Waals surface area contributed by atoms with Gasteiger partial charge in [-0.3, -0.25) is 4.79 Å². The van der Waals surface area contributed by atoms with Gasteiger partial charge < -0.3 is 20.3 Å². The Bertz CT molecular complexity index is 520. The molecule has 0 aromatic heterocycles. The van der Waals surface area contributed by atoms with E-state index in [0.717, 1.165) is 7.11 Å². The Kier molecular flexibility index (Phi) is 6.26. The van der Waals surface area contributed by atoms with Crippen molar-refractivity contribution in [1.29, 1.82) is 0 Å². The number of halogens is 1. The van der Waals surface area contributed by atoms with Crippen LogP contribution in [0.25, 0.3) is 0 Å². The van der Waals surface area contributed by atoms with Gasteiger partial charge in [0.25, 0.3) is 0 Å². The van der Waals surface area contributed by atoms with Crippen LogP contribution in [-0.4, -0.2) is 41.8 Å². The fourth-order valence-electron chi connectivity index (χ4n) is 1.81. The maximum absolute atomic E-state index is 14.1. The monoisotopic (exact) mass is 299 g/mol. The molecule has 0 saturated heterocycles. The molecule has 3 N–H and O–H groups in total. The number of ether oxygens (including phenoxy) is 1. The first-order valence-corrected chi connectivity index (χ1v) is 6.35. The van der Waals surface area contributed by atoms with Crippen LogP contribution in [-0.2, 0) is 9.53 Å². The number of esters is 1. The van der Waals surface area contributed by atoms with Crippen molar-refractivity contribution >= 4 is 11.9 Å². The van der Waals surface area contributed by atoms with Crippen molar-refractivity contribution in [3.05, 3.63) is 35.1 Å². The summed E-state index contributed by atoms with van der Waals surface area (Å²) in [5.41, 5.74) is -0.517. The van der Waals surface area contributed by atoms with Crippen molar-refractivity contribution in [3.8, 4) is 0 Å². The van der Waals surface area contributed by atoms with Gasteiger partial charge in [-0.25, -0.2) is 9.18 Å². The van der Waals surface area contributed by atoms with Crippen LogP contribution < -0.4 is 5.32 Å². The van der Waals surface area contributed by atoms with E-state index in [9.17, 15) is 24.2 Å². The van der Waals surface area contributed by atoms with Crippen LogP contribution in [0.15, 0.2) is 18.2 Å². The van der Waals surface area contributed by atoms with Crippen LogP contribution in [0.1, 0.15) is 35.4 Å². The highest BCUT2D eigenvalue weighted by Crippen LogP contribution is 2.24. The third-order valence-corrected chi connectivity index (χ3v) is 2.93. The molecule has 1 aromatic carbocycles. The minimum absolute atomic E-state index is 0.0443. The molecule has 0 fully saturated rings.